The van der Waals surface area contributed by atoms with Crippen molar-refractivity contribution in [3.63, 3.8) is 0 Å². The van der Waals surface area contributed by atoms with E-state index < -0.39 is 6.10 Å². The summed E-state index contributed by atoms with van der Waals surface area (Å²) in [4.78, 5) is 0. The third kappa shape index (κ3) is 3.73. The summed E-state index contributed by atoms with van der Waals surface area (Å²) in [5.74, 6) is 0.824. The fraction of sp³-hybridized carbons (Fsp3) is 0.412. The fourth-order valence-corrected chi connectivity index (χ4v) is 2.34. The van der Waals surface area contributed by atoms with E-state index in [0.717, 1.165) is 22.1 Å². The van der Waals surface area contributed by atoms with Gasteiger partial charge in [0.05, 0.1) is 6.61 Å². The number of nitrogens with one attached hydrogen (secondary N) is 1. The first kappa shape index (κ1) is 15.8. The van der Waals surface area contributed by atoms with Gasteiger partial charge in [-0.2, -0.15) is 0 Å². The molecule has 0 fully saturated rings. The number of aliphatic hydroxyl groups excluding tert-OH is 1. The Morgan fingerprint density at radius 1 is 1.14 bits per heavy atom. The van der Waals surface area contributed by atoms with Crippen LogP contribution in [0.3, 0.4) is 0 Å². The highest BCUT2D eigenvalue weighted by Gasteiger charge is 2.15. The predicted octanol–water partition coefficient (Wildman–Crippen LogP) is 2.51. The highest BCUT2D eigenvalue weighted by molar-refractivity contribution is 5.89. The number of fused-ring (bicyclic) bond motifs is 1. The molecule has 0 radical (unpaired) electrons. The molecule has 0 aliphatic heterocycles. The van der Waals surface area contributed by atoms with Crippen molar-refractivity contribution in [2.24, 2.45) is 0 Å². The van der Waals surface area contributed by atoms with Crippen molar-refractivity contribution in [2.75, 3.05) is 27.4 Å². The summed E-state index contributed by atoms with van der Waals surface area (Å²) in [6.07, 6.45) is -0.633. The molecular weight excluding hydrogens is 266 g/mol. The molecule has 2 N–H and O–H groups in total. The van der Waals surface area contributed by atoms with Crippen LogP contribution in [-0.4, -0.2) is 38.6 Å². The van der Waals surface area contributed by atoms with Gasteiger partial charge in [-0.1, -0.05) is 36.4 Å². The predicted molar refractivity (Wildman–Crippen MR) is 84.8 cm³/mol. The molecule has 0 aliphatic carbocycles. The molecule has 2 rings (SSSR count). The summed E-state index contributed by atoms with van der Waals surface area (Å²) in [5, 5.41) is 15.2. The molecule has 4 nitrogen and oxygen atoms in total. The number of aliphatic hydroxyl groups is 1. The van der Waals surface area contributed by atoms with E-state index in [1.165, 1.54) is 0 Å². The Hall–Kier alpha value is -1.62. The van der Waals surface area contributed by atoms with Gasteiger partial charge in [0.1, 0.15) is 18.5 Å². The van der Waals surface area contributed by atoms with Crippen LogP contribution >= 0.6 is 0 Å². The van der Waals surface area contributed by atoms with Crippen LogP contribution in [0.4, 0.5) is 0 Å². The average molecular weight is 289 g/mol. The van der Waals surface area contributed by atoms with Gasteiger partial charge in [0.15, 0.2) is 0 Å². The lowest BCUT2D eigenvalue weighted by Crippen LogP contribution is -2.23. The summed E-state index contributed by atoms with van der Waals surface area (Å²) in [5.41, 5.74) is 1.08. The van der Waals surface area contributed by atoms with Gasteiger partial charge in [-0.3, -0.25) is 0 Å². The monoisotopic (exact) mass is 289 g/mol. The lowest BCUT2D eigenvalue weighted by molar-refractivity contribution is 0.0326. The van der Waals surface area contributed by atoms with E-state index in [9.17, 15) is 5.11 Å². The highest BCUT2D eigenvalue weighted by atomic mass is 16.5. The van der Waals surface area contributed by atoms with E-state index in [2.05, 4.69) is 30.4 Å². The molecule has 2 aromatic rings. The molecule has 0 aromatic heterocycles. The van der Waals surface area contributed by atoms with Crippen LogP contribution in [0.5, 0.6) is 5.75 Å². The van der Waals surface area contributed by atoms with E-state index in [4.69, 9.17) is 9.47 Å². The summed E-state index contributed by atoms with van der Waals surface area (Å²) >= 11 is 0. The van der Waals surface area contributed by atoms with Crippen molar-refractivity contribution < 1.29 is 14.6 Å². The molecule has 2 unspecified atom stereocenters. The van der Waals surface area contributed by atoms with Crippen molar-refractivity contribution >= 4 is 10.8 Å². The minimum Gasteiger partial charge on any atom is -0.490 e. The number of hydrogen-bond donors (Lipinski definition) is 2. The molecule has 0 saturated heterocycles. The number of benzene rings is 2. The van der Waals surface area contributed by atoms with Crippen LogP contribution in [0.1, 0.15) is 18.5 Å². The van der Waals surface area contributed by atoms with Gasteiger partial charge >= 0.3 is 0 Å². The molecular formula is C17H23NO3. The second-order valence-corrected chi connectivity index (χ2v) is 5.14. The SMILES string of the molecule is CNC(C)c1ccc2ccccc2c1OCC(O)COC. The van der Waals surface area contributed by atoms with E-state index in [-0.39, 0.29) is 19.3 Å². The van der Waals surface area contributed by atoms with Crippen molar-refractivity contribution in [1.29, 1.82) is 0 Å². The van der Waals surface area contributed by atoms with Gasteiger partial charge in [0.2, 0.25) is 0 Å². The Morgan fingerprint density at radius 2 is 1.90 bits per heavy atom. The Morgan fingerprint density at radius 3 is 2.62 bits per heavy atom. The Labute approximate surface area is 125 Å². The highest BCUT2D eigenvalue weighted by Crippen LogP contribution is 2.33. The second kappa shape index (κ2) is 7.41. The lowest BCUT2D eigenvalue weighted by Gasteiger charge is -2.20. The standard InChI is InChI=1S/C17H23NO3/c1-12(18-2)15-9-8-13-6-4-5-7-16(13)17(15)21-11-14(19)10-20-3/h4-9,12,14,18-19H,10-11H2,1-3H3. The first-order valence-electron chi connectivity index (χ1n) is 7.16. The van der Waals surface area contributed by atoms with Crippen LogP contribution < -0.4 is 10.1 Å². The van der Waals surface area contributed by atoms with Crippen molar-refractivity contribution in [3.05, 3.63) is 42.0 Å². The zero-order chi connectivity index (χ0) is 15.2. The molecule has 0 amide bonds. The first-order chi connectivity index (χ1) is 10.2. The summed E-state index contributed by atoms with van der Waals surface area (Å²) in [7, 11) is 3.49. The number of hydrogen-bond acceptors (Lipinski definition) is 4. The summed E-state index contributed by atoms with van der Waals surface area (Å²) in [6.45, 7) is 2.56. The molecule has 0 spiro atoms. The van der Waals surface area contributed by atoms with Crippen molar-refractivity contribution in [2.45, 2.75) is 19.1 Å². The van der Waals surface area contributed by atoms with Crippen LogP contribution in [0.25, 0.3) is 10.8 Å². The smallest absolute Gasteiger partial charge is 0.132 e. The number of ether oxygens (including phenoxy) is 2. The van der Waals surface area contributed by atoms with Gasteiger partial charge < -0.3 is 19.9 Å². The van der Waals surface area contributed by atoms with E-state index in [1.54, 1.807) is 7.11 Å². The number of methoxy groups -OCH3 is 1. The van der Waals surface area contributed by atoms with Gasteiger partial charge in [-0.15, -0.1) is 0 Å². The zero-order valence-electron chi connectivity index (χ0n) is 12.8. The van der Waals surface area contributed by atoms with Gasteiger partial charge in [-0.05, 0) is 19.4 Å². The second-order valence-electron chi connectivity index (χ2n) is 5.14. The van der Waals surface area contributed by atoms with E-state index >= 15 is 0 Å². The molecule has 0 saturated carbocycles. The quantitative estimate of drug-likeness (QED) is 0.822. The minimum absolute atomic E-state index is 0.171. The van der Waals surface area contributed by atoms with Gasteiger partial charge in [-0.25, -0.2) is 0 Å². The first-order valence-corrected chi connectivity index (χ1v) is 7.16. The van der Waals surface area contributed by atoms with Gasteiger partial charge in [0, 0.05) is 24.1 Å². The molecule has 21 heavy (non-hydrogen) atoms. The molecule has 114 valence electrons. The van der Waals surface area contributed by atoms with Crippen molar-refractivity contribution in [1.82, 2.24) is 5.32 Å². The Kier molecular flexibility index (Phi) is 5.56. The lowest BCUT2D eigenvalue weighted by atomic mass is 10.0. The maximum atomic E-state index is 9.80. The third-order valence-electron chi connectivity index (χ3n) is 3.59. The largest absolute Gasteiger partial charge is 0.490 e. The Balaban J connectivity index is 2.36. The average Bonchev–Trinajstić information content (AvgIpc) is 2.52. The topological polar surface area (TPSA) is 50.7 Å². The third-order valence-corrected chi connectivity index (χ3v) is 3.59. The van der Waals surface area contributed by atoms with E-state index in [0.29, 0.717) is 0 Å². The van der Waals surface area contributed by atoms with Crippen LogP contribution in [0.2, 0.25) is 0 Å². The molecule has 2 aromatic carbocycles. The zero-order valence-corrected chi connectivity index (χ0v) is 12.8. The molecule has 0 aliphatic rings. The van der Waals surface area contributed by atoms with E-state index in [1.807, 2.05) is 25.2 Å². The van der Waals surface area contributed by atoms with Crippen LogP contribution in [0.15, 0.2) is 36.4 Å². The molecule has 0 bridgehead atoms. The number of rotatable bonds is 7. The maximum absolute atomic E-state index is 9.80. The Bertz CT molecular complexity index is 585. The van der Waals surface area contributed by atoms with Crippen molar-refractivity contribution in [3.8, 4) is 5.75 Å². The molecule has 0 heterocycles. The fourth-order valence-electron chi connectivity index (χ4n) is 2.34. The molecule has 2 atom stereocenters. The van der Waals surface area contributed by atoms with Crippen LogP contribution in [0, 0.1) is 0 Å². The molecule has 4 heteroatoms. The van der Waals surface area contributed by atoms with Gasteiger partial charge in [0.25, 0.3) is 0 Å². The van der Waals surface area contributed by atoms with Crippen LogP contribution in [-0.2, 0) is 4.74 Å². The summed E-state index contributed by atoms with van der Waals surface area (Å²) < 4.78 is 10.9. The maximum Gasteiger partial charge on any atom is 0.132 e. The normalized spacial score (nSPS) is 14.1. The summed E-state index contributed by atoms with van der Waals surface area (Å²) in [6, 6.07) is 12.4. The minimum atomic E-state index is -0.633.